The molecule has 0 heterocycles. The number of hydrogen-bond donors (Lipinski definition) is 2. The summed E-state index contributed by atoms with van der Waals surface area (Å²) in [7, 11) is 1.64. The summed E-state index contributed by atoms with van der Waals surface area (Å²) in [4.78, 5) is 0. The molecule has 3 heteroatoms. The molecule has 0 aliphatic heterocycles. The molecule has 3 N–H and O–H groups in total. The van der Waals surface area contributed by atoms with E-state index in [9.17, 15) is 0 Å². The van der Waals surface area contributed by atoms with Gasteiger partial charge in [0.15, 0.2) is 0 Å². The molecule has 2 aromatic carbocycles. The van der Waals surface area contributed by atoms with Crippen molar-refractivity contribution in [1.82, 2.24) is 5.32 Å². The monoisotopic (exact) mass is 270 g/mol. The molecule has 2 aromatic rings. The number of nitrogen functional groups attached to an aromatic ring is 1. The molecule has 0 saturated carbocycles. The van der Waals surface area contributed by atoms with E-state index in [1.807, 2.05) is 18.2 Å². The van der Waals surface area contributed by atoms with E-state index < -0.39 is 0 Å². The second-order valence-electron chi connectivity index (χ2n) is 4.84. The van der Waals surface area contributed by atoms with Gasteiger partial charge < -0.3 is 15.8 Å². The third kappa shape index (κ3) is 4.28. The quantitative estimate of drug-likeness (QED) is 0.600. The topological polar surface area (TPSA) is 47.3 Å². The summed E-state index contributed by atoms with van der Waals surface area (Å²) in [5.41, 5.74) is 9.18. The fraction of sp³-hybridized carbons (Fsp3) is 0.294. The Hall–Kier alpha value is -2.00. The Labute approximate surface area is 120 Å². The van der Waals surface area contributed by atoms with E-state index >= 15 is 0 Å². The molecule has 0 unspecified atom stereocenters. The van der Waals surface area contributed by atoms with Crippen molar-refractivity contribution in [3.05, 3.63) is 59.7 Å². The standard InChI is InChI=1S/C17H22N2O/c1-20-17-10-9-14(12-16(17)18)8-5-11-19-13-15-6-3-2-4-7-15/h2-4,6-7,9-10,12,19H,5,8,11,13,18H2,1H3. The molecule has 20 heavy (non-hydrogen) atoms. The van der Waals surface area contributed by atoms with Crippen LogP contribution in [0.2, 0.25) is 0 Å². The highest BCUT2D eigenvalue weighted by atomic mass is 16.5. The van der Waals surface area contributed by atoms with Gasteiger partial charge in [-0.3, -0.25) is 0 Å². The SMILES string of the molecule is COc1ccc(CCCNCc2ccccc2)cc1N. The number of nitrogens with two attached hydrogens (primary N) is 1. The van der Waals surface area contributed by atoms with Gasteiger partial charge in [-0.2, -0.15) is 0 Å². The zero-order valence-corrected chi connectivity index (χ0v) is 11.9. The van der Waals surface area contributed by atoms with Crippen LogP contribution in [0.5, 0.6) is 5.75 Å². The smallest absolute Gasteiger partial charge is 0.141 e. The second kappa shape index (κ2) is 7.56. The van der Waals surface area contributed by atoms with Gasteiger partial charge >= 0.3 is 0 Å². The van der Waals surface area contributed by atoms with E-state index in [-0.39, 0.29) is 0 Å². The van der Waals surface area contributed by atoms with Gasteiger partial charge in [-0.15, -0.1) is 0 Å². The molecule has 2 rings (SSSR count). The first-order chi connectivity index (χ1) is 9.79. The average Bonchev–Trinajstić information content (AvgIpc) is 2.48. The molecule has 0 aliphatic rings. The number of methoxy groups -OCH3 is 1. The van der Waals surface area contributed by atoms with E-state index in [0.29, 0.717) is 5.69 Å². The molecule has 0 spiro atoms. The number of nitrogens with one attached hydrogen (secondary N) is 1. The van der Waals surface area contributed by atoms with Crippen molar-refractivity contribution in [3.8, 4) is 5.75 Å². The normalized spacial score (nSPS) is 10.4. The minimum Gasteiger partial charge on any atom is -0.495 e. The lowest BCUT2D eigenvalue weighted by Gasteiger charge is -2.08. The molecule has 0 atom stereocenters. The summed E-state index contributed by atoms with van der Waals surface area (Å²) in [6, 6.07) is 16.4. The summed E-state index contributed by atoms with van der Waals surface area (Å²) in [5.74, 6) is 0.746. The Kier molecular flexibility index (Phi) is 5.44. The van der Waals surface area contributed by atoms with Gasteiger partial charge in [0, 0.05) is 6.54 Å². The Morgan fingerprint density at radius 2 is 1.85 bits per heavy atom. The van der Waals surface area contributed by atoms with E-state index in [0.717, 1.165) is 31.7 Å². The summed E-state index contributed by atoms with van der Waals surface area (Å²) < 4.78 is 5.15. The van der Waals surface area contributed by atoms with Gasteiger partial charge in [0.05, 0.1) is 12.8 Å². The first kappa shape index (κ1) is 14.4. The molecule has 0 radical (unpaired) electrons. The molecule has 106 valence electrons. The van der Waals surface area contributed by atoms with E-state index in [1.54, 1.807) is 7.11 Å². The Morgan fingerprint density at radius 1 is 1.05 bits per heavy atom. The van der Waals surface area contributed by atoms with Gasteiger partial charge in [-0.05, 0) is 42.6 Å². The lowest BCUT2D eigenvalue weighted by molar-refractivity contribution is 0.417. The van der Waals surface area contributed by atoms with Crippen molar-refractivity contribution in [2.75, 3.05) is 19.4 Å². The molecular weight excluding hydrogens is 248 g/mol. The van der Waals surface area contributed by atoms with Crippen LogP contribution < -0.4 is 15.8 Å². The maximum atomic E-state index is 5.90. The minimum atomic E-state index is 0.710. The second-order valence-corrected chi connectivity index (χ2v) is 4.84. The van der Waals surface area contributed by atoms with E-state index in [1.165, 1.54) is 11.1 Å². The molecular formula is C17H22N2O. The molecule has 3 nitrogen and oxygen atoms in total. The molecule has 0 amide bonds. The van der Waals surface area contributed by atoms with Crippen molar-refractivity contribution in [2.24, 2.45) is 0 Å². The number of anilines is 1. The molecule has 0 saturated heterocycles. The largest absolute Gasteiger partial charge is 0.495 e. The Morgan fingerprint density at radius 3 is 2.55 bits per heavy atom. The first-order valence-corrected chi connectivity index (χ1v) is 6.96. The van der Waals surface area contributed by atoms with Crippen LogP contribution in [0.1, 0.15) is 17.5 Å². The van der Waals surface area contributed by atoms with Crippen LogP contribution >= 0.6 is 0 Å². The zero-order valence-electron chi connectivity index (χ0n) is 11.9. The number of benzene rings is 2. The Balaban J connectivity index is 1.69. The fourth-order valence-corrected chi connectivity index (χ4v) is 2.19. The highest BCUT2D eigenvalue weighted by Gasteiger charge is 2.00. The highest BCUT2D eigenvalue weighted by Crippen LogP contribution is 2.22. The predicted octanol–water partition coefficient (Wildman–Crippen LogP) is 3.00. The summed E-state index contributed by atoms with van der Waals surface area (Å²) in [6.45, 7) is 1.92. The van der Waals surface area contributed by atoms with Crippen LogP contribution in [-0.2, 0) is 13.0 Å². The fourth-order valence-electron chi connectivity index (χ4n) is 2.19. The van der Waals surface area contributed by atoms with Crippen molar-refractivity contribution in [1.29, 1.82) is 0 Å². The minimum absolute atomic E-state index is 0.710. The number of ether oxygens (including phenoxy) is 1. The lowest BCUT2D eigenvalue weighted by Crippen LogP contribution is -2.15. The van der Waals surface area contributed by atoms with Gasteiger partial charge in [-0.25, -0.2) is 0 Å². The predicted molar refractivity (Wildman–Crippen MR) is 83.9 cm³/mol. The van der Waals surface area contributed by atoms with Gasteiger partial charge in [-0.1, -0.05) is 36.4 Å². The number of aryl methyl sites for hydroxylation is 1. The maximum absolute atomic E-state index is 5.90. The van der Waals surface area contributed by atoms with Crippen LogP contribution in [0.15, 0.2) is 48.5 Å². The molecule has 0 aliphatic carbocycles. The number of hydrogen-bond acceptors (Lipinski definition) is 3. The first-order valence-electron chi connectivity index (χ1n) is 6.96. The number of rotatable bonds is 7. The average molecular weight is 270 g/mol. The van der Waals surface area contributed by atoms with Crippen molar-refractivity contribution >= 4 is 5.69 Å². The van der Waals surface area contributed by atoms with Gasteiger partial charge in [0.1, 0.15) is 5.75 Å². The summed E-state index contributed by atoms with van der Waals surface area (Å²) in [5, 5.41) is 3.45. The molecule has 0 bridgehead atoms. The summed E-state index contributed by atoms with van der Waals surface area (Å²) >= 11 is 0. The van der Waals surface area contributed by atoms with Crippen molar-refractivity contribution in [2.45, 2.75) is 19.4 Å². The van der Waals surface area contributed by atoms with Gasteiger partial charge in [0.2, 0.25) is 0 Å². The molecule has 0 fully saturated rings. The lowest BCUT2D eigenvalue weighted by atomic mass is 10.1. The van der Waals surface area contributed by atoms with Crippen LogP contribution in [0.3, 0.4) is 0 Å². The zero-order chi connectivity index (χ0) is 14.2. The van der Waals surface area contributed by atoms with Crippen molar-refractivity contribution < 1.29 is 4.74 Å². The van der Waals surface area contributed by atoms with Crippen LogP contribution in [0.25, 0.3) is 0 Å². The van der Waals surface area contributed by atoms with Crippen LogP contribution in [-0.4, -0.2) is 13.7 Å². The van der Waals surface area contributed by atoms with E-state index in [4.69, 9.17) is 10.5 Å². The van der Waals surface area contributed by atoms with Crippen LogP contribution in [0, 0.1) is 0 Å². The Bertz CT molecular complexity index is 526. The van der Waals surface area contributed by atoms with E-state index in [2.05, 4.69) is 35.6 Å². The summed E-state index contributed by atoms with van der Waals surface area (Å²) in [6.07, 6.45) is 2.12. The third-order valence-corrected chi connectivity index (χ3v) is 3.29. The molecule has 0 aromatic heterocycles. The van der Waals surface area contributed by atoms with Gasteiger partial charge in [0.25, 0.3) is 0 Å². The highest BCUT2D eigenvalue weighted by molar-refractivity contribution is 5.54. The van der Waals surface area contributed by atoms with Crippen LogP contribution in [0.4, 0.5) is 5.69 Å². The maximum Gasteiger partial charge on any atom is 0.141 e. The van der Waals surface area contributed by atoms with Crippen molar-refractivity contribution in [3.63, 3.8) is 0 Å². The third-order valence-electron chi connectivity index (χ3n) is 3.29.